The standard InChI is InChI=1S/C13H21N3OS/c1-9(8-18-5)12(17)14-11-7-6-10(15-16-11)13(2,3)4/h6-7,9H,8H2,1-5H3,(H,14,16,17)/t9-/m1/s1. The van der Waals surface area contributed by atoms with Crippen LogP contribution in [0.3, 0.4) is 0 Å². The Kier molecular flexibility index (Phi) is 5.14. The maximum Gasteiger partial charge on any atom is 0.229 e. The van der Waals surface area contributed by atoms with Gasteiger partial charge in [0.15, 0.2) is 5.82 Å². The molecule has 0 saturated carbocycles. The van der Waals surface area contributed by atoms with E-state index in [1.54, 1.807) is 17.8 Å². The van der Waals surface area contributed by atoms with Crippen LogP contribution in [0.15, 0.2) is 12.1 Å². The highest BCUT2D eigenvalue weighted by atomic mass is 32.2. The number of amides is 1. The van der Waals surface area contributed by atoms with Gasteiger partial charge in [0.1, 0.15) is 0 Å². The molecule has 0 radical (unpaired) electrons. The molecule has 1 rings (SSSR count). The molecule has 0 aromatic carbocycles. The molecule has 100 valence electrons. The predicted octanol–water partition coefficient (Wildman–Crippen LogP) is 2.71. The van der Waals surface area contributed by atoms with Gasteiger partial charge in [-0.05, 0) is 18.4 Å². The van der Waals surface area contributed by atoms with Crippen LogP contribution in [-0.2, 0) is 10.2 Å². The lowest BCUT2D eigenvalue weighted by Crippen LogP contribution is -2.23. The van der Waals surface area contributed by atoms with Gasteiger partial charge >= 0.3 is 0 Å². The van der Waals surface area contributed by atoms with Crippen molar-refractivity contribution in [3.05, 3.63) is 17.8 Å². The molecule has 4 nitrogen and oxygen atoms in total. The van der Waals surface area contributed by atoms with Gasteiger partial charge in [0.05, 0.1) is 5.69 Å². The summed E-state index contributed by atoms with van der Waals surface area (Å²) < 4.78 is 0. The molecule has 0 aliphatic carbocycles. The van der Waals surface area contributed by atoms with E-state index in [0.717, 1.165) is 11.4 Å². The number of thioether (sulfide) groups is 1. The second-order valence-corrected chi connectivity index (χ2v) is 6.31. The van der Waals surface area contributed by atoms with Crippen LogP contribution in [0.4, 0.5) is 5.82 Å². The van der Waals surface area contributed by atoms with E-state index in [1.807, 2.05) is 19.2 Å². The second-order valence-electron chi connectivity index (χ2n) is 5.40. The monoisotopic (exact) mass is 267 g/mol. The number of hydrogen-bond acceptors (Lipinski definition) is 4. The number of carbonyl (C=O) groups excluding carboxylic acids is 1. The average molecular weight is 267 g/mol. The van der Waals surface area contributed by atoms with Gasteiger partial charge in [-0.25, -0.2) is 0 Å². The Labute approximate surface area is 113 Å². The van der Waals surface area contributed by atoms with E-state index in [4.69, 9.17) is 0 Å². The summed E-state index contributed by atoms with van der Waals surface area (Å²) in [6, 6.07) is 3.71. The average Bonchev–Trinajstić information content (AvgIpc) is 2.28. The lowest BCUT2D eigenvalue weighted by molar-refractivity contribution is -0.118. The van der Waals surface area contributed by atoms with Crippen LogP contribution >= 0.6 is 11.8 Å². The first-order valence-electron chi connectivity index (χ1n) is 5.98. The zero-order valence-electron chi connectivity index (χ0n) is 11.7. The molecule has 1 aromatic heterocycles. The Morgan fingerprint density at radius 1 is 1.39 bits per heavy atom. The third kappa shape index (κ3) is 4.29. The molecule has 0 bridgehead atoms. The van der Waals surface area contributed by atoms with Crippen molar-refractivity contribution in [1.29, 1.82) is 0 Å². The lowest BCUT2D eigenvalue weighted by atomic mass is 9.92. The number of aromatic nitrogens is 2. The first-order chi connectivity index (χ1) is 8.34. The van der Waals surface area contributed by atoms with Crippen molar-refractivity contribution in [3.8, 4) is 0 Å². The van der Waals surface area contributed by atoms with Crippen LogP contribution < -0.4 is 5.32 Å². The van der Waals surface area contributed by atoms with Crippen LogP contribution in [0.2, 0.25) is 0 Å². The number of nitrogens with one attached hydrogen (secondary N) is 1. The van der Waals surface area contributed by atoms with E-state index in [0.29, 0.717) is 5.82 Å². The van der Waals surface area contributed by atoms with Crippen LogP contribution in [-0.4, -0.2) is 28.1 Å². The molecular formula is C13H21N3OS. The van der Waals surface area contributed by atoms with Crippen molar-refractivity contribution >= 4 is 23.5 Å². The minimum absolute atomic E-state index is 0.0119. The van der Waals surface area contributed by atoms with Gasteiger partial charge in [0.2, 0.25) is 5.91 Å². The molecule has 1 heterocycles. The predicted molar refractivity (Wildman–Crippen MR) is 76.9 cm³/mol. The maximum absolute atomic E-state index is 11.8. The molecule has 0 fully saturated rings. The normalized spacial score (nSPS) is 13.2. The molecule has 0 aliphatic heterocycles. The third-order valence-electron chi connectivity index (χ3n) is 2.55. The summed E-state index contributed by atoms with van der Waals surface area (Å²) in [7, 11) is 0. The van der Waals surface area contributed by atoms with Crippen molar-refractivity contribution in [3.63, 3.8) is 0 Å². The third-order valence-corrected chi connectivity index (χ3v) is 3.38. The Balaban J connectivity index is 2.67. The fourth-order valence-corrected chi connectivity index (χ4v) is 2.03. The molecule has 0 aliphatic rings. The number of rotatable bonds is 4. The van der Waals surface area contributed by atoms with Crippen molar-refractivity contribution in [2.24, 2.45) is 5.92 Å². The van der Waals surface area contributed by atoms with E-state index in [9.17, 15) is 4.79 Å². The van der Waals surface area contributed by atoms with Gasteiger partial charge in [0.25, 0.3) is 0 Å². The van der Waals surface area contributed by atoms with E-state index in [2.05, 4.69) is 36.3 Å². The zero-order valence-corrected chi connectivity index (χ0v) is 12.5. The molecule has 5 heteroatoms. The highest BCUT2D eigenvalue weighted by Gasteiger charge is 2.17. The highest BCUT2D eigenvalue weighted by molar-refractivity contribution is 7.98. The van der Waals surface area contributed by atoms with Crippen molar-refractivity contribution < 1.29 is 4.79 Å². The zero-order chi connectivity index (χ0) is 13.8. The molecule has 0 spiro atoms. The van der Waals surface area contributed by atoms with Gasteiger partial charge in [-0.2, -0.15) is 16.9 Å². The van der Waals surface area contributed by atoms with Gasteiger partial charge < -0.3 is 5.32 Å². The Bertz CT molecular complexity index is 398. The van der Waals surface area contributed by atoms with Crippen molar-refractivity contribution in [2.75, 3.05) is 17.3 Å². The van der Waals surface area contributed by atoms with Crippen LogP contribution in [0.25, 0.3) is 0 Å². The molecule has 18 heavy (non-hydrogen) atoms. The smallest absolute Gasteiger partial charge is 0.229 e. The number of hydrogen-bond donors (Lipinski definition) is 1. The highest BCUT2D eigenvalue weighted by Crippen LogP contribution is 2.19. The Morgan fingerprint density at radius 2 is 2.06 bits per heavy atom. The quantitative estimate of drug-likeness (QED) is 0.911. The molecule has 1 atom stereocenters. The summed E-state index contributed by atoms with van der Waals surface area (Å²) in [4.78, 5) is 11.8. The van der Waals surface area contributed by atoms with E-state index < -0.39 is 0 Å². The first kappa shape index (κ1) is 15.0. The molecule has 0 unspecified atom stereocenters. The summed E-state index contributed by atoms with van der Waals surface area (Å²) in [5.41, 5.74) is 0.888. The van der Waals surface area contributed by atoms with Gasteiger partial charge in [0, 0.05) is 17.1 Å². The van der Waals surface area contributed by atoms with Gasteiger partial charge in [-0.15, -0.1) is 5.10 Å². The van der Waals surface area contributed by atoms with E-state index in [1.165, 1.54) is 0 Å². The van der Waals surface area contributed by atoms with E-state index in [-0.39, 0.29) is 17.2 Å². The van der Waals surface area contributed by atoms with Gasteiger partial charge in [-0.3, -0.25) is 4.79 Å². The molecule has 1 aromatic rings. The Morgan fingerprint density at radius 3 is 2.50 bits per heavy atom. The largest absolute Gasteiger partial charge is 0.309 e. The minimum atomic E-state index is -0.0261. The van der Waals surface area contributed by atoms with Crippen LogP contribution in [0.5, 0.6) is 0 Å². The SMILES string of the molecule is CSC[C@@H](C)C(=O)Nc1ccc(C(C)(C)C)nn1. The van der Waals surface area contributed by atoms with Crippen LogP contribution in [0, 0.1) is 5.92 Å². The molecular weight excluding hydrogens is 246 g/mol. The molecule has 1 amide bonds. The number of carbonyl (C=O) groups is 1. The summed E-state index contributed by atoms with van der Waals surface area (Å²) in [6.45, 7) is 8.14. The van der Waals surface area contributed by atoms with Crippen LogP contribution in [0.1, 0.15) is 33.4 Å². The summed E-state index contributed by atoms with van der Waals surface area (Å²) >= 11 is 1.66. The number of nitrogens with zero attached hydrogens (tertiary/aromatic N) is 2. The first-order valence-corrected chi connectivity index (χ1v) is 7.38. The second kappa shape index (κ2) is 6.18. The van der Waals surface area contributed by atoms with E-state index >= 15 is 0 Å². The molecule has 1 N–H and O–H groups in total. The fourth-order valence-electron chi connectivity index (χ4n) is 1.37. The topological polar surface area (TPSA) is 54.9 Å². The van der Waals surface area contributed by atoms with Gasteiger partial charge in [-0.1, -0.05) is 27.7 Å². The summed E-state index contributed by atoms with van der Waals surface area (Å²) in [6.07, 6.45) is 1.99. The maximum atomic E-state index is 11.8. The fraction of sp³-hybridized carbons (Fsp3) is 0.615. The molecule has 0 saturated heterocycles. The van der Waals surface area contributed by atoms with Crippen molar-refractivity contribution in [2.45, 2.75) is 33.1 Å². The lowest BCUT2D eigenvalue weighted by Gasteiger charge is -2.17. The number of anilines is 1. The minimum Gasteiger partial charge on any atom is -0.309 e. The summed E-state index contributed by atoms with van der Waals surface area (Å²) in [5.74, 6) is 1.28. The van der Waals surface area contributed by atoms with Crippen molar-refractivity contribution in [1.82, 2.24) is 10.2 Å². The summed E-state index contributed by atoms with van der Waals surface area (Å²) in [5, 5.41) is 11.0. The Hall–Kier alpha value is -1.10.